The zero-order valence-electron chi connectivity index (χ0n) is 21.2. The van der Waals surface area contributed by atoms with Gasteiger partial charge < -0.3 is 19.5 Å². The van der Waals surface area contributed by atoms with Gasteiger partial charge >= 0.3 is 0 Å². The molecular weight excluding hydrogens is 426 g/mol. The van der Waals surface area contributed by atoms with Gasteiger partial charge in [0.25, 0.3) is 0 Å². The van der Waals surface area contributed by atoms with Crippen LogP contribution in [0, 0.1) is 0 Å². The number of hydrogen-bond donors (Lipinski definition) is 1. The summed E-state index contributed by atoms with van der Waals surface area (Å²) in [6, 6.07) is 3.43. The predicted octanol–water partition coefficient (Wildman–Crippen LogP) is 7.57. The second-order valence-corrected chi connectivity index (χ2v) is 7.56. The highest BCUT2D eigenvalue weighted by molar-refractivity contribution is 5.94. The molecular formula is C29H41NO4. The molecule has 34 heavy (non-hydrogen) atoms. The van der Waals surface area contributed by atoms with Gasteiger partial charge in [-0.3, -0.25) is 4.79 Å². The number of carbonyl (C=O) groups is 1. The maximum Gasteiger partial charge on any atom is 0.224 e. The molecule has 0 saturated heterocycles. The molecule has 0 saturated carbocycles. The maximum atomic E-state index is 12.4. The maximum absolute atomic E-state index is 12.4. The minimum atomic E-state index is -0.0749. The molecule has 0 aromatic heterocycles. The highest BCUT2D eigenvalue weighted by atomic mass is 16.5. The summed E-state index contributed by atoms with van der Waals surface area (Å²) in [7, 11) is 4.66. The Balaban J connectivity index is 2.23. The first-order valence-corrected chi connectivity index (χ1v) is 12.0. The van der Waals surface area contributed by atoms with E-state index >= 15 is 0 Å². The monoisotopic (exact) mass is 467 g/mol. The zero-order valence-corrected chi connectivity index (χ0v) is 21.2. The number of carbonyl (C=O) groups excluding carboxylic acids is 1. The van der Waals surface area contributed by atoms with Gasteiger partial charge in [0.2, 0.25) is 5.91 Å². The quantitative estimate of drug-likeness (QED) is 0.190. The van der Waals surface area contributed by atoms with Gasteiger partial charge in [0.05, 0.1) is 21.3 Å². The van der Waals surface area contributed by atoms with Gasteiger partial charge in [0, 0.05) is 18.6 Å². The van der Waals surface area contributed by atoms with Crippen LogP contribution in [-0.2, 0) is 4.79 Å². The van der Waals surface area contributed by atoms with Crippen LogP contribution in [0.25, 0.3) is 0 Å². The Morgan fingerprint density at radius 2 is 1.21 bits per heavy atom. The van der Waals surface area contributed by atoms with E-state index in [-0.39, 0.29) is 5.91 Å². The fraction of sp³-hybridized carbons (Fsp3) is 0.414. The largest absolute Gasteiger partial charge is 0.496 e. The number of hydrogen-bond acceptors (Lipinski definition) is 4. The Hall–Kier alpha value is -3.21. The third kappa shape index (κ3) is 12.7. The van der Waals surface area contributed by atoms with Crippen LogP contribution >= 0.6 is 0 Å². The molecule has 0 atom stereocenters. The van der Waals surface area contributed by atoms with Crippen LogP contribution in [-0.4, -0.2) is 27.2 Å². The first kappa shape index (κ1) is 28.8. The lowest BCUT2D eigenvalue weighted by molar-refractivity contribution is -0.116. The molecule has 5 heteroatoms. The van der Waals surface area contributed by atoms with E-state index in [1.807, 2.05) is 0 Å². The van der Waals surface area contributed by atoms with Crippen molar-refractivity contribution < 1.29 is 19.0 Å². The fourth-order valence-corrected chi connectivity index (χ4v) is 3.08. The van der Waals surface area contributed by atoms with E-state index in [0.717, 1.165) is 44.9 Å². The van der Waals surface area contributed by atoms with Crippen LogP contribution in [0.4, 0.5) is 5.69 Å². The van der Waals surface area contributed by atoms with E-state index in [9.17, 15) is 4.79 Å². The SMILES string of the molecule is CCC=CCC=CCC=CCC=CCC=CCCCC(=O)Nc1c(OC)cc(OC)cc1OC. The summed E-state index contributed by atoms with van der Waals surface area (Å²) < 4.78 is 16.0. The third-order valence-corrected chi connectivity index (χ3v) is 4.91. The number of rotatable bonds is 17. The molecule has 1 aromatic rings. The lowest BCUT2D eigenvalue weighted by Gasteiger charge is -2.15. The molecule has 1 rings (SSSR count). The van der Waals surface area contributed by atoms with Crippen LogP contribution in [0.1, 0.15) is 58.3 Å². The van der Waals surface area contributed by atoms with Gasteiger partial charge in [-0.15, -0.1) is 0 Å². The van der Waals surface area contributed by atoms with Gasteiger partial charge in [-0.25, -0.2) is 0 Å². The summed E-state index contributed by atoms with van der Waals surface area (Å²) in [6.45, 7) is 2.15. The number of anilines is 1. The van der Waals surface area contributed by atoms with E-state index in [2.05, 4.69) is 73.0 Å². The number of nitrogens with one attached hydrogen (secondary N) is 1. The normalized spacial score (nSPS) is 12.0. The second kappa shape index (κ2) is 19.3. The van der Waals surface area contributed by atoms with Crippen molar-refractivity contribution in [1.29, 1.82) is 0 Å². The topological polar surface area (TPSA) is 56.8 Å². The molecule has 0 aliphatic heterocycles. The second-order valence-electron chi connectivity index (χ2n) is 7.56. The van der Waals surface area contributed by atoms with Crippen LogP contribution in [0.5, 0.6) is 17.2 Å². The minimum Gasteiger partial charge on any atom is -0.496 e. The van der Waals surface area contributed by atoms with Crippen molar-refractivity contribution in [3.63, 3.8) is 0 Å². The first-order chi connectivity index (χ1) is 16.7. The number of unbranched alkanes of at least 4 members (excludes halogenated alkanes) is 1. The summed E-state index contributed by atoms with van der Waals surface area (Å²) in [4.78, 5) is 12.4. The number of amides is 1. The van der Waals surface area contributed by atoms with Crippen LogP contribution in [0.2, 0.25) is 0 Å². The van der Waals surface area contributed by atoms with Crippen LogP contribution < -0.4 is 19.5 Å². The van der Waals surface area contributed by atoms with Gasteiger partial charge in [-0.1, -0.05) is 67.7 Å². The van der Waals surface area contributed by atoms with Crippen molar-refractivity contribution in [3.8, 4) is 17.2 Å². The summed E-state index contributed by atoms with van der Waals surface area (Å²) in [5, 5.41) is 2.89. The van der Waals surface area contributed by atoms with E-state index < -0.39 is 0 Å². The van der Waals surface area contributed by atoms with Crippen molar-refractivity contribution >= 4 is 11.6 Å². The molecule has 5 nitrogen and oxygen atoms in total. The Morgan fingerprint density at radius 3 is 1.65 bits per heavy atom. The Labute approximate surface area is 205 Å². The molecule has 1 amide bonds. The minimum absolute atomic E-state index is 0.0749. The van der Waals surface area contributed by atoms with Crippen molar-refractivity contribution in [2.75, 3.05) is 26.6 Å². The smallest absolute Gasteiger partial charge is 0.224 e. The van der Waals surface area contributed by atoms with Crippen LogP contribution in [0.3, 0.4) is 0 Å². The summed E-state index contributed by atoms with van der Waals surface area (Å²) in [5.74, 6) is 1.53. The molecule has 1 aromatic carbocycles. The molecule has 0 unspecified atom stereocenters. The zero-order chi connectivity index (χ0) is 24.9. The lowest BCUT2D eigenvalue weighted by atomic mass is 10.2. The number of allylic oxidation sites excluding steroid dienone is 10. The average molecular weight is 468 g/mol. The Kier molecular flexibility index (Phi) is 16.3. The van der Waals surface area contributed by atoms with Crippen molar-refractivity contribution in [3.05, 3.63) is 72.9 Å². The van der Waals surface area contributed by atoms with E-state index in [0.29, 0.717) is 29.4 Å². The summed E-state index contributed by atoms with van der Waals surface area (Å²) in [5.41, 5.74) is 0.519. The molecule has 0 bridgehead atoms. The highest BCUT2D eigenvalue weighted by Gasteiger charge is 2.15. The molecule has 0 heterocycles. The lowest BCUT2D eigenvalue weighted by Crippen LogP contribution is -2.13. The summed E-state index contributed by atoms with van der Waals surface area (Å²) in [6.07, 6.45) is 28.8. The van der Waals surface area contributed by atoms with Gasteiger partial charge in [-0.05, 0) is 44.9 Å². The number of benzene rings is 1. The predicted molar refractivity (Wildman–Crippen MR) is 143 cm³/mol. The van der Waals surface area contributed by atoms with E-state index in [1.165, 1.54) is 0 Å². The molecule has 0 fully saturated rings. The third-order valence-electron chi connectivity index (χ3n) is 4.91. The van der Waals surface area contributed by atoms with E-state index in [1.54, 1.807) is 33.5 Å². The van der Waals surface area contributed by atoms with E-state index in [4.69, 9.17) is 14.2 Å². The van der Waals surface area contributed by atoms with Crippen molar-refractivity contribution in [2.45, 2.75) is 58.3 Å². The van der Waals surface area contributed by atoms with Crippen molar-refractivity contribution in [1.82, 2.24) is 0 Å². The molecule has 0 aliphatic carbocycles. The molecule has 0 radical (unpaired) electrons. The Bertz CT molecular complexity index is 825. The first-order valence-electron chi connectivity index (χ1n) is 12.0. The number of methoxy groups -OCH3 is 3. The Morgan fingerprint density at radius 1 is 0.735 bits per heavy atom. The van der Waals surface area contributed by atoms with Crippen LogP contribution in [0.15, 0.2) is 72.9 Å². The molecule has 0 aliphatic rings. The molecule has 186 valence electrons. The fourth-order valence-electron chi connectivity index (χ4n) is 3.08. The van der Waals surface area contributed by atoms with Crippen molar-refractivity contribution in [2.24, 2.45) is 0 Å². The van der Waals surface area contributed by atoms with Gasteiger partial charge in [0.1, 0.15) is 22.9 Å². The number of ether oxygens (including phenoxy) is 3. The molecule has 0 spiro atoms. The molecule has 1 N–H and O–H groups in total. The highest BCUT2D eigenvalue weighted by Crippen LogP contribution is 2.38. The summed E-state index contributed by atoms with van der Waals surface area (Å²) >= 11 is 0. The standard InChI is InChI=1S/C29H41NO4/c1-5-6-7-8-9-10-11-12-13-14-15-16-17-18-19-20-21-22-28(31)30-29-26(33-3)23-25(32-2)24-27(29)34-4/h6-7,9-10,12-13,15-16,18-19,23-24H,5,8,11,14,17,20-22H2,1-4H3,(H,30,31). The van der Waals surface area contributed by atoms with Gasteiger partial charge in [0.15, 0.2) is 0 Å². The van der Waals surface area contributed by atoms with Gasteiger partial charge in [-0.2, -0.15) is 0 Å². The average Bonchev–Trinajstić information content (AvgIpc) is 2.85.